The first-order valence-corrected chi connectivity index (χ1v) is 7.98. The number of likely N-dealkylation sites (tertiary alicyclic amines) is 2. The van der Waals surface area contributed by atoms with E-state index in [4.69, 9.17) is 0 Å². The molecule has 2 fully saturated rings. The topological polar surface area (TPSA) is 43.8 Å². The van der Waals surface area contributed by atoms with Crippen LogP contribution in [-0.2, 0) is 6.42 Å². The Morgan fingerprint density at radius 2 is 1.71 bits per heavy atom. The summed E-state index contributed by atoms with van der Waals surface area (Å²) >= 11 is 0. The number of benzene rings is 1. The third kappa shape index (κ3) is 3.56. The van der Waals surface area contributed by atoms with Crippen molar-refractivity contribution < 1.29 is 9.90 Å². The summed E-state index contributed by atoms with van der Waals surface area (Å²) in [5.74, 6) is 0.681. The predicted molar refractivity (Wildman–Crippen MR) is 82.0 cm³/mol. The van der Waals surface area contributed by atoms with Gasteiger partial charge in [0.25, 0.3) is 0 Å². The van der Waals surface area contributed by atoms with Crippen molar-refractivity contribution in [2.75, 3.05) is 26.2 Å². The number of aliphatic hydroxyl groups is 1. The zero-order valence-corrected chi connectivity index (χ0v) is 12.4. The fourth-order valence-corrected chi connectivity index (χ4v) is 3.39. The molecule has 4 heteroatoms. The van der Waals surface area contributed by atoms with Crippen molar-refractivity contribution in [2.45, 2.75) is 31.8 Å². The van der Waals surface area contributed by atoms with Gasteiger partial charge in [-0.05, 0) is 37.2 Å². The molecular weight excluding hydrogens is 264 g/mol. The van der Waals surface area contributed by atoms with Gasteiger partial charge in [-0.1, -0.05) is 30.3 Å². The van der Waals surface area contributed by atoms with E-state index in [2.05, 4.69) is 30.3 Å². The van der Waals surface area contributed by atoms with Gasteiger partial charge in [0.05, 0.1) is 6.10 Å². The van der Waals surface area contributed by atoms with E-state index in [1.165, 1.54) is 5.56 Å². The molecule has 0 bridgehead atoms. The van der Waals surface area contributed by atoms with Crippen LogP contribution in [0.3, 0.4) is 0 Å². The van der Waals surface area contributed by atoms with Crippen LogP contribution >= 0.6 is 0 Å². The van der Waals surface area contributed by atoms with Crippen LogP contribution in [0.4, 0.5) is 4.79 Å². The summed E-state index contributed by atoms with van der Waals surface area (Å²) in [4.78, 5) is 16.1. The first kappa shape index (κ1) is 14.4. The summed E-state index contributed by atoms with van der Waals surface area (Å²) in [6.07, 6.45) is 3.67. The molecule has 4 nitrogen and oxygen atoms in total. The number of hydrogen-bond donors (Lipinski definition) is 1. The Hall–Kier alpha value is -1.55. The second-order valence-corrected chi connectivity index (χ2v) is 6.29. The number of hydrogen-bond acceptors (Lipinski definition) is 2. The number of nitrogens with zero attached hydrogens (tertiary/aromatic N) is 2. The average molecular weight is 288 g/mol. The van der Waals surface area contributed by atoms with Crippen molar-refractivity contribution in [3.8, 4) is 0 Å². The molecule has 2 heterocycles. The third-order valence-electron chi connectivity index (χ3n) is 4.69. The smallest absolute Gasteiger partial charge is 0.320 e. The summed E-state index contributed by atoms with van der Waals surface area (Å²) in [6.45, 7) is 2.90. The van der Waals surface area contributed by atoms with Crippen LogP contribution in [-0.4, -0.2) is 53.2 Å². The largest absolute Gasteiger partial charge is 0.391 e. The summed E-state index contributed by atoms with van der Waals surface area (Å²) in [6, 6.07) is 10.7. The highest BCUT2D eigenvalue weighted by molar-refractivity contribution is 5.74. The fraction of sp³-hybridized carbons (Fsp3) is 0.588. The van der Waals surface area contributed by atoms with E-state index in [0.29, 0.717) is 19.0 Å². The lowest BCUT2D eigenvalue weighted by Crippen LogP contribution is -2.46. The molecule has 2 saturated heterocycles. The van der Waals surface area contributed by atoms with Crippen LogP contribution in [0, 0.1) is 5.92 Å². The lowest BCUT2D eigenvalue weighted by Gasteiger charge is -2.34. The Kier molecular flexibility index (Phi) is 4.44. The number of rotatable bonds is 2. The summed E-state index contributed by atoms with van der Waals surface area (Å²) in [7, 11) is 0. The Labute approximate surface area is 126 Å². The van der Waals surface area contributed by atoms with Gasteiger partial charge in [0.1, 0.15) is 0 Å². The molecule has 2 amide bonds. The van der Waals surface area contributed by atoms with Crippen molar-refractivity contribution >= 4 is 6.03 Å². The molecule has 0 radical (unpaired) electrons. The standard InChI is InChI=1S/C17H24N2O2/c20-16-8-11-19(13-16)17(21)18-9-6-15(7-10-18)12-14-4-2-1-3-5-14/h1-5,15-16,20H,6-13H2/t16-/m1/s1. The lowest BCUT2D eigenvalue weighted by atomic mass is 9.90. The number of urea groups is 1. The molecule has 1 aromatic rings. The molecule has 0 spiro atoms. The van der Waals surface area contributed by atoms with E-state index in [0.717, 1.165) is 38.8 Å². The number of piperidine rings is 1. The molecule has 1 atom stereocenters. The Morgan fingerprint density at radius 1 is 1.05 bits per heavy atom. The van der Waals surface area contributed by atoms with Gasteiger partial charge < -0.3 is 14.9 Å². The van der Waals surface area contributed by atoms with E-state index in [9.17, 15) is 9.90 Å². The molecule has 21 heavy (non-hydrogen) atoms. The van der Waals surface area contributed by atoms with Gasteiger partial charge >= 0.3 is 6.03 Å². The fourth-order valence-electron chi connectivity index (χ4n) is 3.39. The minimum absolute atomic E-state index is 0.115. The lowest BCUT2D eigenvalue weighted by molar-refractivity contribution is 0.130. The third-order valence-corrected chi connectivity index (χ3v) is 4.69. The number of carbonyl (C=O) groups excluding carboxylic acids is 1. The van der Waals surface area contributed by atoms with Gasteiger partial charge in [-0.25, -0.2) is 4.79 Å². The van der Waals surface area contributed by atoms with Crippen molar-refractivity contribution in [3.63, 3.8) is 0 Å². The zero-order chi connectivity index (χ0) is 14.7. The second kappa shape index (κ2) is 6.48. The predicted octanol–water partition coefficient (Wildman–Crippen LogP) is 2.13. The zero-order valence-electron chi connectivity index (χ0n) is 12.4. The van der Waals surface area contributed by atoms with Crippen molar-refractivity contribution in [1.29, 1.82) is 0 Å². The van der Waals surface area contributed by atoms with Gasteiger partial charge in [-0.2, -0.15) is 0 Å². The monoisotopic (exact) mass is 288 g/mol. The number of carbonyl (C=O) groups is 1. The quantitative estimate of drug-likeness (QED) is 0.906. The highest BCUT2D eigenvalue weighted by atomic mass is 16.3. The van der Waals surface area contributed by atoms with E-state index in [-0.39, 0.29) is 12.1 Å². The highest BCUT2D eigenvalue weighted by Gasteiger charge is 2.30. The average Bonchev–Trinajstić information content (AvgIpc) is 2.95. The van der Waals surface area contributed by atoms with E-state index >= 15 is 0 Å². The SMILES string of the molecule is O=C(N1CCC(Cc2ccccc2)CC1)N1CC[C@@H](O)C1. The van der Waals surface area contributed by atoms with Gasteiger partial charge in [0.15, 0.2) is 0 Å². The Balaban J connectivity index is 1.47. The Morgan fingerprint density at radius 3 is 2.33 bits per heavy atom. The van der Waals surface area contributed by atoms with Crippen LogP contribution in [0.1, 0.15) is 24.8 Å². The van der Waals surface area contributed by atoms with Crippen LogP contribution < -0.4 is 0 Å². The summed E-state index contributed by atoms with van der Waals surface area (Å²) in [5.41, 5.74) is 1.39. The number of β-amino-alcohol motifs (C(OH)–C–C–N with tert-alkyl or cyclic N) is 1. The molecule has 0 aromatic heterocycles. The first-order chi connectivity index (χ1) is 10.2. The Bertz CT molecular complexity index is 469. The van der Waals surface area contributed by atoms with Crippen LogP contribution in [0.15, 0.2) is 30.3 Å². The van der Waals surface area contributed by atoms with Gasteiger partial charge in [0.2, 0.25) is 0 Å². The summed E-state index contributed by atoms with van der Waals surface area (Å²) in [5, 5.41) is 9.54. The van der Waals surface area contributed by atoms with E-state index in [1.807, 2.05) is 4.90 Å². The maximum atomic E-state index is 12.4. The highest BCUT2D eigenvalue weighted by Crippen LogP contribution is 2.23. The van der Waals surface area contributed by atoms with Gasteiger partial charge in [-0.15, -0.1) is 0 Å². The maximum Gasteiger partial charge on any atom is 0.320 e. The van der Waals surface area contributed by atoms with Crippen molar-refractivity contribution in [2.24, 2.45) is 5.92 Å². The molecule has 1 N–H and O–H groups in total. The molecular formula is C17H24N2O2. The van der Waals surface area contributed by atoms with Crippen LogP contribution in [0.5, 0.6) is 0 Å². The normalized spacial score (nSPS) is 23.6. The van der Waals surface area contributed by atoms with E-state index in [1.54, 1.807) is 4.90 Å². The van der Waals surface area contributed by atoms with Crippen LogP contribution in [0.25, 0.3) is 0 Å². The molecule has 2 aliphatic rings. The van der Waals surface area contributed by atoms with Crippen LogP contribution in [0.2, 0.25) is 0 Å². The van der Waals surface area contributed by atoms with Gasteiger partial charge in [0, 0.05) is 26.2 Å². The van der Waals surface area contributed by atoms with Crippen molar-refractivity contribution in [1.82, 2.24) is 9.80 Å². The molecule has 2 aliphatic heterocycles. The molecule has 0 unspecified atom stereocenters. The van der Waals surface area contributed by atoms with Gasteiger partial charge in [-0.3, -0.25) is 0 Å². The first-order valence-electron chi connectivity index (χ1n) is 7.98. The molecule has 1 aromatic carbocycles. The van der Waals surface area contributed by atoms with E-state index < -0.39 is 0 Å². The second-order valence-electron chi connectivity index (χ2n) is 6.29. The molecule has 114 valence electrons. The number of aliphatic hydroxyl groups excluding tert-OH is 1. The summed E-state index contributed by atoms with van der Waals surface area (Å²) < 4.78 is 0. The maximum absolute atomic E-state index is 12.4. The minimum Gasteiger partial charge on any atom is -0.391 e. The minimum atomic E-state index is -0.329. The molecule has 3 rings (SSSR count). The number of amides is 2. The molecule has 0 saturated carbocycles. The van der Waals surface area contributed by atoms with Crippen molar-refractivity contribution in [3.05, 3.63) is 35.9 Å². The molecule has 0 aliphatic carbocycles.